The lowest BCUT2D eigenvalue weighted by Gasteiger charge is -2.23. The van der Waals surface area contributed by atoms with Crippen molar-refractivity contribution in [3.63, 3.8) is 0 Å². The van der Waals surface area contributed by atoms with E-state index in [-0.39, 0.29) is 6.04 Å². The molecule has 1 aromatic rings. The SMILES string of the molecule is OC(c1ccc(Cl)c(Br)c1)C1CCCCCN1. The third kappa shape index (κ3) is 3.44. The standard InChI is InChI=1S/C13H17BrClNO/c14-10-8-9(5-6-11(10)15)13(17)12-4-2-1-3-7-16-12/h5-6,8,12-13,16-17H,1-4,7H2. The fraction of sp³-hybridized carbons (Fsp3) is 0.538. The number of hydrogen-bond donors (Lipinski definition) is 2. The van der Waals surface area contributed by atoms with Crippen LogP contribution < -0.4 is 5.32 Å². The summed E-state index contributed by atoms with van der Waals surface area (Å²) < 4.78 is 0.837. The van der Waals surface area contributed by atoms with Gasteiger partial charge in [0.2, 0.25) is 0 Å². The van der Waals surface area contributed by atoms with Gasteiger partial charge < -0.3 is 10.4 Å². The van der Waals surface area contributed by atoms with Gasteiger partial charge in [0.25, 0.3) is 0 Å². The van der Waals surface area contributed by atoms with Crippen LogP contribution in [0, 0.1) is 0 Å². The van der Waals surface area contributed by atoms with E-state index < -0.39 is 6.10 Å². The predicted molar refractivity (Wildman–Crippen MR) is 74.4 cm³/mol. The minimum atomic E-state index is -0.457. The maximum atomic E-state index is 10.4. The molecular formula is C13H17BrClNO. The largest absolute Gasteiger partial charge is 0.387 e. The highest BCUT2D eigenvalue weighted by molar-refractivity contribution is 9.10. The van der Waals surface area contributed by atoms with Crippen LogP contribution in [0.25, 0.3) is 0 Å². The number of hydrogen-bond acceptors (Lipinski definition) is 2. The summed E-state index contributed by atoms with van der Waals surface area (Å²) in [6, 6.07) is 5.77. The van der Waals surface area contributed by atoms with Crippen molar-refractivity contribution < 1.29 is 5.11 Å². The van der Waals surface area contributed by atoms with Gasteiger partial charge in [-0.1, -0.05) is 30.5 Å². The van der Waals surface area contributed by atoms with Crippen molar-refractivity contribution in [1.82, 2.24) is 5.32 Å². The van der Waals surface area contributed by atoms with Crippen molar-refractivity contribution in [2.24, 2.45) is 0 Å². The Morgan fingerprint density at radius 3 is 2.94 bits per heavy atom. The first kappa shape index (κ1) is 13.3. The summed E-state index contributed by atoms with van der Waals surface area (Å²) in [5.41, 5.74) is 0.917. The Morgan fingerprint density at radius 2 is 2.18 bits per heavy atom. The molecule has 0 saturated carbocycles. The van der Waals surface area contributed by atoms with Crippen LogP contribution in [0.3, 0.4) is 0 Å². The van der Waals surface area contributed by atoms with E-state index >= 15 is 0 Å². The highest BCUT2D eigenvalue weighted by Gasteiger charge is 2.22. The molecule has 4 heteroatoms. The summed E-state index contributed by atoms with van der Waals surface area (Å²) in [5, 5.41) is 14.5. The number of rotatable bonds is 2. The molecule has 2 rings (SSSR count). The fourth-order valence-electron chi connectivity index (χ4n) is 2.25. The van der Waals surface area contributed by atoms with Gasteiger partial charge in [-0.25, -0.2) is 0 Å². The average molecular weight is 319 g/mol. The molecule has 1 saturated heterocycles. The number of nitrogens with one attached hydrogen (secondary N) is 1. The van der Waals surface area contributed by atoms with Crippen molar-refractivity contribution in [1.29, 1.82) is 0 Å². The first-order valence-electron chi connectivity index (χ1n) is 6.05. The monoisotopic (exact) mass is 317 g/mol. The number of halogens is 2. The molecule has 1 aliphatic heterocycles. The smallest absolute Gasteiger partial charge is 0.0943 e. The Bertz CT molecular complexity index is 378. The van der Waals surface area contributed by atoms with Gasteiger partial charge in [0.15, 0.2) is 0 Å². The maximum Gasteiger partial charge on any atom is 0.0943 e. The summed E-state index contributed by atoms with van der Waals surface area (Å²) in [7, 11) is 0. The van der Waals surface area contributed by atoms with E-state index in [1.165, 1.54) is 19.3 Å². The van der Waals surface area contributed by atoms with Gasteiger partial charge in [-0.2, -0.15) is 0 Å². The van der Waals surface area contributed by atoms with E-state index in [0.29, 0.717) is 5.02 Å². The van der Waals surface area contributed by atoms with Crippen molar-refractivity contribution >= 4 is 27.5 Å². The Kier molecular flexibility index (Phi) is 4.86. The Hall–Kier alpha value is -0.0900. The summed E-state index contributed by atoms with van der Waals surface area (Å²) in [4.78, 5) is 0. The minimum Gasteiger partial charge on any atom is -0.387 e. The number of benzene rings is 1. The molecule has 17 heavy (non-hydrogen) atoms. The molecule has 1 fully saturated rings. The van der Waals surface area contributed by atoms with Crippen LogP contribution in [0.1, 0.15) is 37.4 Å². The zero-order valence-corrected chi connectivity index (χ0v) is 12.0. The second kappa shape index (κ2) is 6.19. The lowest BCUT2D eigenvalue weighted by Crippen LogP contribution is -2.34. The second-order valence-electron chi connectivity index (χ2n) is 4.53. The van der Waals surface area contributed by atoms with Crippen molar-refractivity contribution in [3.05, 3.63) is 33.3 Å². The average Bonchev–Trinajstić information content (AvgIpc) is 2.60. The van der Waals surface area contributed by atoms with Crippen LogP contribution in [0.5, 0.6) is 0 Å². The maximum absolute atomic E-state index is 10.4. The summed E-state index contributed by atoms with van der Waals surface area (Å²) in [5.74, 6) is 0. The van der Waals surface area contributed by atoms with Gasteiger partial charge in [0, 0.05) is 10.5 Å². The molecule has 1 heterocycles. The first-order chi connectivity index (χ1) is 8.18. The van der Waals surface area contributed by atoms with E-state index in [2.05, 4.69) is 21.2 Å². The quantitative estimate of drug-likeness (QED) is 0.872. The molecule has 0 radical (unpaired) electrons. The molecule has 0 amide bonds. The highest BCUT2D eigenvalue weighted by atomic mass is 79.9. The zero-order chi connectivity index (χ0) is 12.3. The van der Waals surface area contributed by atoms with Gasteiger partial charge in [0.1, 0.15) is 0 Å². The third-order valence-electron chi connectivity index (χ3n) is 3.26. The van der Waals surface area contributed by atoms with Crippen LogP contribution in [0.2, 0.25) is 5.02 Å². The summed E-state index contributed by atoms with van der Waals surface area (Å²) in [6.45, 7) is 0.997. The van der Waals surface area contributed by atoms with Crippen LogP contribution in [0.4, 0.5) is 0 Å². The van der Waals surface area contributed by atoms with Gasteiger partial charge >= 0.3 is 0 Å². The molecule has 0 bridgehead atoms. The third-order valence-corrected chi connectivity index (χ3v) is 4.48. The molecule has 94 valence electrons. The molecule has 1 aromatic carbocycles. The molecule has 0 aliphatic carbocycles. The highest BCUT2D eigenvalue weighted by Crippen LogP contribution is 2.29. The molecular weight excluding hydrogens is 302 g/mol. The van der Waals surface area contributed by atoms with Crippen LogP contribution in [0.15, 0.2) is 22.7 Å². The van der Waals surface area contributed by atoms with E-state index in [0.717, 1.165) is 23.0 Å². The zero-order valence-electron chi connectivity index (χ0n) is 9.63. The molecule has 0 spiro atoms. The summed E-state index contributed by atoms with van der Waals surface area (Å²) in [6.07, 6.45) is 4.21. The molecule has 2 unspecified atom stereocenters. The van der Waals surface area contributed by atoms with Crippen molar-refractivity contribution in [2.45, 2.75) is 37.8 Å². The lowest BCUT2D eigenvalue weighted by molar-refractivity contribution is 0.126. The number of aliphatic hydroxyl groups excluding tert-OH is 1. The van der Waals surface area contributed by atoms with E-state index in [4.69, 9.17) is 11.6 Å². The first-order valence-corrected chi connectivity index (χ1v) is 7.22. The number of aliphatic hydroxyl groups is 1. The topological polar surface area (TPSA) is 32.3 Å². The van der Waals surface area contributed by atoms with Gasteiger partial charge in [0.05, 0.1) is 11.1 Å². The van der Waals surface area contributed by atoms with E-state index in [1.54, 1.807) is 0 Å². The summed E-state index contributed by atoms with van der Waals surface area (Å²) >= 11 is 9.34. The Balaban J connectivity index is 2.11. The second-order valence-corrected chi connectivity index (χ2v) is 5.79. The predicted octanol–water partition coefficient (Wildman–Crippen LogP) is 3.67. The van der Waals surface area contributed by atoms with Crippen LogP contribution in [-0.4, -0.2) is 17.7 Å². The van der Waals surface area contributed by atoms with Crippen LogP contribution in [-0.2, 0) is 0 Å². The van der Waals surface area contributed by atoms with Gasteiger partial charge in [-0.05, 0) is 53.0 Å². The van der Waals surface area contributed by atoms with E-state index in [9.17, 15) is 5.11 Å². The van der Waals surface area contributed by atoms with Gasteiger partial charge in [-0.15, -0.1) is 0 Å². The molecule has 1 aliphatic rings. The lowest BCUT2D eigenvalue weighted by atomic mass is 9.99. The molecule has 2 N–H and O–H groups in total. The Labute approximate surface area is 115 Å². The van der Waals surface area contributed by atoms with Crippen molar-refractivity contribution in [2.75, 3.05) is 6.54 Å². The van der Waals surface area contributed by atoms with Crippen LogP contribution >= 0.6 is 27.5 Å². The molecule has 0 aromatic heterocycles. The minimum absolute atomic E-state index is 0.158. The normalized spacial score (nSPS) is 23.1. The molecule has 2 atom stereocenters. The van der Waals surface area contributed by atoms with E-state index in [1.807, 2.05) is 18.2 Å². The van der Waals surface area contributed by atoms with Crippen molar-refractivity contribution in [3.8, 4) is 0 Å². The van der Waals surface area contributed by atoms with Gasteiger partial charge in [-0.3, -0.25) is 0 Å². The molecule has 2 nitrogen and oxygen atoms in total. The Morgan fingerprint density at radius 1 is 1.35 bits per heavy atom. The fourth-order valence-corrected chi connectivity index (χ4v) is 2.77.